The van der Waals surface area contributed by atoms with Gasteiger partial charge in [0.25, 0.3) is 5.91 Å². The second-order valence-electron chi connectivity index (χ2n) is 3.95. The average Bonchev–Trinajstić information content (AvgIpc) is 2.89. The maximum atomic E-state index is 10.7. The van der Waals surface area contributed by atoms with Crippen molar-refractivity contribution < 1.29 is 14.3 Å². The predicted molar refractivity (Wildman–Crippen MR) is 69.1 cm³/mol. The number of aromatic amines is 1. The van der Waals surface area contributed by atoms with Gasteiger partial charge in [0.05, 0.1) is 7.11 Å². The number of nitrogens with zero attached hydrogens (tertiary/aromatic N) is 1. The molecular formula is C13H15N3O3. The molecule has 0 radical (unpaired) electrons. The van der Waals surface area contributed by atoms with E-state index < -0.39 is 5.91 Å². The van der Waals surface area contributed by atoms with Crippen LogP contribution in [0, 0.1) is 0 Å². The van der Waals surface area contributed by atoms with E-state index in [1.165, 1.54) is 0 Å². The molecule has 1 heterocycles. The lowest BCUT2D eigenvalue weighted by Gasteiger charge is -2.10. The lowest BCUT2D eigenvalue weighted by Crippen LogP contribution is -2.20. The number of carbonyl (C=O) groups excluding carboxylic acids is 1. The van der Waals surface area contributed by atoms with Gasteiger partial charge in [0, 0.05) is 18.8 Å². The molecule has 0 saturated heterocycles. The highest BCUT2D eigenvalue weighted by atomic mass is 16.5. The fourth-order valence-electron chi connectivity index (χ4n) is 1.68. The molecule has 100 valence electrons. The molecule has 1 aromatic heterocycles. The molecule has 0 atom stereocenters. The highest BCUT2D eigenvalue weighted by Crippen LogP contribution is 2.28. The van der Waals surface area contributed by atoms with Gasteiger partial charge in [0.2, 0.25) is 0 Å². The number of aromatic nitrogens is 2. The zero-order valence-electron chi connectivity index (χ0n) is 10.6. The van der Waals surface area contributed by atoms with E-state index in [-0.39, 0.29) is 6.61 Å². The molecule has 0 saturated carbocycles. The predicted octanol–water partition coefficient (Wildman–Crippen LogP) is 0.873. The van der Waals surface area contributed by atoms with Crippen molar-refractivity contribution in [2.75, 3.05) is 13.7 Å². The van der Waals surface area contributed by atoms with E-state index in [1.807, 2.05) is 12.1 Å². The molecule has 2 rings (SSSR count). The number of primary amides is 1. The lowest BCUT2D eigenvalue weighted by molar-refractivity contribution is -0.119. The summed E-state index contributed by atoms with van der Waals surface area (Å²) in [5.74, 6) is 1.39. The normalized spacial score (nSPS) is 10.2. The number of hydrogen-bond donors (Lipinski definition) is 2. The monoisotopic (exact) mass is 261 g/mol. The van der Waals surface area contributed by atoms with Crippen molar-refractivity contribution in [3.63, 3.8) is 0 Å². The van der Waals surface area contributed by atoms with Gasteiger partial charge in [-0.1, -0.05) is 6.07 Å². The van der Waals surface area contributed by atoms with Gasteiger partial charge < -0.3 is 20.2 Å². The smallest absolute Gasteiger partial charge is 0.255 e. The Kier molecular flexibility index (Phi) is 4.02. The molecule has 19 heavy (non-hydrogen) atoms. The minimum absolute atomic E-state index is 0.173. The third-order valence-electron chi connectivity index (χ3n) is 2.52. The first kappa shape index (κ1) is 12.9. The molecule has 0 bridgehead atoms. The summed E-state index contributed by atoms with van der Waals surface area (Å²) in [5, 5.41) is 0. The summed E-state index contributed by atoms with van der Waals surface area (Å²) in [6, 6.07) is 5.49. The van der Waals surface area contributed by atoms with Crippen LogP contribution in [0.4, 0.5) is 0 Å². The number of hydrogen-bond acceptors (Lipinski definition) is 4. The Hall–Kier alpha value is -2.50. The largest absolute Gasteiger partial charge is 0.493 e. The molecule has 0 unspecified atom stereocenters. The Balaban J connectivity index is 2.13. The van der Waals surface area contributed by atoms with E-state index in [4.69, 9.17) is 15.2 Å². The van der Waals surface area contributed by atoms with E-state index in [2.05, 4.69) is 9.97 Å². The van der Waals surface area contributed by atoms with Crippen molar-refractivity contribution in [1.29, 1.82) is 0 Å². The number of rotatable bonds is 6. The van der Waals surface area contributed by atoms with Crippen LogP contribution in [0.2, 0.25) is 0 Å². The Labute approximate surface area is 110 Å². The van der Waals surface area contributed by atoms with Crippen molar-refractivity contribution in [3.05, 3.63) is 42.0 Å². The molecular weight excluding hydrogens is 246 g/mol. The summed E-state index contributed by atoms with van der Waals surface area (Å²) in [5.41, 5.74) is 6.06. The molecule has 2 aromatic rings. The van der Waals surface area contributed by atoms with Crippen molar-refractivity contribution in [2.45, 2.75) is 6.42 Å². The molecule has 0 aliphatic rings. The summed E-state index contributed by atoms with van der Waals surface area (Å²) in [7, 11) is 1.54. The summed E-state index contributed by atoms with van der Waals surface area (Å²) >= 11 is 0. The van der Waals surface area contributed by atoms with Gasteiger partial charge in [-0.3, -0.25) is 4.79 Å². The van der Waals surface area contributed by atoms with E-state index >= 15 is 0 Å². The maximum absolute atomic E-state index is 10.7. The maximum Gasteiger partial charge on any atom is 0.255 e. The van der Waals surface area contributed by atoms with Gasteiger partial charge >= 0.3 is 0 Å². The Morgan fingerprint density at radius 2 is 2.26 bits per heavy atom. The third-order valence-corrected chi connectivity index (χ3v) is 2.52. The summed E-state index contributed by atoms with van der Waals surface area (Å²) in [4.78, 5) is 17.9. The minimum atomic E-state index is -0.526. The molecule has 1 aromatic carbocycles. The molecule has 3 N–H and O–H groups in total. The summed E-state index contributed by atoms with van der Waals surface area (Å²) < 4.78 is 10.5. The third kappa shape index (κ3) is 3.48. The average molecular weight is 261 g/mol. The van der Waals surface area contributed by atoms with Gasteiger partial charge in [0.15, 0.2) is 18.1 Å². The first-order valence-corrected chi connectivity index (χ1v) is 5.75. The number of H-pyrrole nitrogens is 1. The van der Waals surface area contributed by atoms with Crippen molar-refractivity contribution >= 4 is 5.91 Å². The Morgan fingerprint density at radius 1 is 1.42 bits per heavy atom. The first-order chi connectivity index (χ1) is 9.19. The van der Waals surface area contributed by atoms with Gasteiger partial charge in [-0.15, -0.1) is 0 Å². The molecule has 1 amide bonds. The second kappa shape index (κ2) is 5.90. The van der Waals surface area contributed by atoms with Crippen LogP contribution in [0.25, 0.3) is 0 Å². The number of ether oxygens (including phenoxy) is 2. The molecule has 6 heteroatoms. The van der Waals surface area contributed by atoms with E-state index in [0.29, 0.717) is 17.9 Å². The standard InChI is InChI=1S/C13H15N3O3/c1-18-11-6-9(7-13-15-4-5-16-13)2-3-10(11)19-8-12(14)17/h2-6H,7-8H2,1H3,(H2,14,17)(H,15,16). The van der Waals surface area contributed by atoms with Crippen LogP contribution in [0.1, 0.15) is 11.4 Å². The fourth-order valence-corrected chi connectivity index (χ4v) is 1.68. The number of amides is 1. The molecule has 0 aliphatic heterocycles. The van der Waals surface area contributed by atoms with Crippen LogP contribution in [0.3, 0.4) is 0 Å². The topological polar surface area (TPSA) is 90.2 Å². The fraction of sp³-hybridized carbons (Fsp3) is 0.231. The lowest BCUT2D eigenvalue weighted by atomic mass is 10.1. The highest BCUT2D eigenvalue weighted by molar-refractivity contribution is 5.75. The minimum Gasteiger partial charge on any atom is -0.493 e. The summed E-state index contributed by atoms with van der Waals surface area (Å²) in [6.45, 7) is -0.173. The van der Waals surface area contributed by atoms with Crippen LogP contribution in [-0.2, 0) is 11.2 Å². The zero-order valence-corrected chi connectivity index (χ0v) is 10.6. The highest BCUT2D eigenvalue weighted by Gasteiger charge is 2.08. The van der Waals surface area contributed by atoms with Crippen LogP contribution in [0.5, 0.6) is 11.5 Å². The zero-order chi connectivity index (χ0) is 13.7. The van der Waals surface area contributed by atoms with Crippen LogP contribution < -0.4 is 15.2 Å². The van der Waals surface area contributed by atoms with Gasteiger partial charge in [0.1, 0.15) is 5.82 Å². The van der Waals surface area contributed by atoms with Crippen molar-refractivity contribution in [3.8, 4) is 11.5 Å². The Morgan fingerprint density at radius 3 is 2.89 bits per heavy atom. The quantitative estimate of drug-likeness (QED) is 0.807. The van der Waals surface area contributed by atoms with Crippen molar-refractivity contribution in [2.24, 2.45) is 5.73 Å². The van der Waals surface area contributed by atoms with Crippen LogP contribution in [0.15, 0.2) is 30.6 Å². The second-order valence-corrected chi connectivity index (χ2v) is 3.95. The van der Waals surface area contributed by atoms with Crippen molar-refractivity contribution in [1.82, 2.24) is 9.97 Å². The Bertz CT molecular complexity index is 552. The molecule has 6 nitrogen and oxygen atoms in total. The number of imidazole rings is 1. The van der Waals surface area contributed by atoms with E-state index in [1.54, 1.807) is 25.6 Å². The van der Waals surface area contributed by atoms with Crippen LogP contribution >= 0.6 is 0 Å². The summed E-state index contributed by atoms with van der Waals surface area (Å²) in [6.07, 6.45) is 4.15. The SMILES string of the molecule is COc1cc(Cc2ncc[nH]2)ccc1OCC(N)=O. The first-order valence-electron chi connectivity index (χ1n) is 5.75. The van der Waals surface area contributed by atoms with Crippen LogP contribution in [-0.4, -0.2) is 29.6 Å². The number of nitrogens with one attached hydrogen (secondary N) is 1. The number of nitrogens with two attached hydrogens (primary N) is 1. The van der Waals surface area contributed by atoms with Gasteiger partial charge in [-0.25, -0.2) is 4.98 Å². The number of methoxy groups -OCH3 is 1. The molecule has 0 fully saturated rings. The van der Waals surface area contributed by atoms with E-state index in [9.17, 15) is 4.79 Å². The van der Waals surface area contributed by atoms with E-state index in [0.717, 1.165) is 11.4 Å². The molecule has 0 aliphatic carbocycles. The van der Waals surface area contributed by atoms with Gasteiger partial charge in [-0.05, 0) is 17.7 Å². The number of benzene rings is 1. The van der Waals surface area contributed by atoms with Gasteiger partial charge in [-0.2, -0.15) is 0 Å². The molecule has 0 spiro atoms. The number of carbonyl (C=O) groups is 1.